The summed E-state index contributed by atoms with van der Waals surface area (Å²) in [5.41, 5.74) is 1.74. The second-order valence-corrected chi connectivity index (χ2v) is 8.65. The summed E-state index contributed by atoms with van der Waals surface area (Å²) < 4.78 is 29.4. The van der Waals surface area contributed by atoms with E-state index in [2.05, 4.69) is 20.7 Å². The summed E-state index contributed by atoms with van der Waals surface area (Å²) in [6, 6.07) is 19.0. The predicted octanol–water partition coefficient (Wildman–Crippen LogP) is 5.20. The summed E-state index contributed by atoms with van der Waals surface area (Å²) >= 11 is 3.40. The Bertz CT molecular complexity index is 1020. The molecule has 0 aromatic heterocycles. The number of hydrogen-bond acceptors (Lipinski definition) is 2. The highest BCUT2D eigenvalue weighted by Crippen LogP contribution is 2.25. The summed E-state index contributed by atoms with van der Waals surface area (Å²) in [6.07, 6.45) is 0.653. The second-order valence-electron chi connectivity index (χ2n) is 6.06. The molecule has 25 heavy (non-hydrogen) atoms. The average molecular weight is 418 g/mol. The third-order valence-electron chi connectivity index (χ3n) is 4.30. The Labute approximate surface area is 157 Å². The minimum Gasteiger partial charge on any atom is -0.207 e. The molecule has 0 spiro atoms. The Hall–Kier alpha value is -1.69. The fraction of sp³-hybridized carbons (Fsp3) is 0.200. The first-order valence-electron chi connectivity index (χ1n) is 8.20. The average Bonchev–Trinajstić information content (AvgIpc) is 2.60. The van der Waals surface area contributed by atoms with Crippen molar-refractivity contribution < 1.29 is 8.42 Å². The third kappa shape index (κ3) is 3.94. The molecule has 0 unspecified atom stereocenters. The van der Waals surface area contributed by atoms with Gasteiger partial charge in [-0.05, 0) is 59.5 Å². The molecule has 3 rings (SSSR count). The second kappa shape index (κ2) is 7.28. The van der Waals surface area contributed by atoms with E-state index in [1.807, 2.05) is 62.4 Å². The van der Waals surface area contributed by atoms with Crippen molar-refractivity contribution >= 4 is 36.7 Å². The smallest absolute Gasteiger partial charge is 0.207 e. The first kappa shape index (κ1) is 18.1. The van der Waals surface area contributed by atoms with Crippen molar-refractivity contribution in [1.29, 1.82) is 0 Å². The van der Waals surface area contributed by atoms with E-state index in [4.69, 9.17) is 0 Å². The third-order valence-corrected chi connectivity index (χ3v) is 6.43. The van der Waals surface area contributed by atoms with Gasteiger partial charge >= 0.3 is 0 Å². The molecule has 1 N–H and O–H groups in total. The van der Waals surface area contributed by atoms with Crippen LogP contribution in [-0.2, 0) is 16.4 Å². The van der Waals surface area contributed by atoms with Gasteiger partial charge < -0.3 is 0 Å². The molecule has 0 saturated heterocycles. The lowest BCUT2D eigenvalue weighted by molar-refractivity contribution is 0.566. The SMILES string of the molecule is CCc1cc(Br)ccc1S(=O)(=O)N[C@@H](C)c1ccc2ccccc2c1. The molecule has 0 amide bonds. The largest absolute Gasteiger partial charge is 0.241 e. The van der Waals surface area contributed by atoms with E-state index in [0.717, 1.165) is 26.4 Å². The van der Waals surface area contributed by atoms with E-state index in [9.17, 15) is 8.42 Å². The number of sulfonamides is 1. The molecule has 0 heterocycles. The number of fused-ring (bicyclic) bond motifs is 1. The maximum atomic E-state index is 12.8. The molecule has 0 aliphatic rings. The number of aryl methyl sites for hydroxylation is 1. The van der Waals surface area contributed by atoms with Gasteiger partial charge in [-0.25, -0.2) is 13.1 Å². The Morgan fingerprint density at radius 3 is 2.44 bits per heavy atom. The van der Waals surface area contributed by atoms with Gasteiger partial charge in [0, 0.05) is 10.5 Å². The number of benzene rings is 3. The van der Waals surface area contributed by atoms with Crippen molar-refractivity contribution in [1.82, 2.24) is 4.72 Å². The monoisotopic (exact) mass is 417 g/mol. The molecule has 0 fully saturated rings. The van der Waals surface area contributed by atoms with Crippen LogP contribution >= 0.6 is 15.9 Å². The molecule has 3 aromatic rings. The highest BCUT2D eigenvalue weighted by Gasteiger charge is 2.21. The zero-order chi connectivity index (χ0) is 18.0. The summed E-state index contributed by atoms with van der Waals surface area (Å²) in [5.74, 6) is 0. The van der Waals surface area contributed by atoms with Crippen molar-refractivity contribution in [3.05, 3.63) is 76.3 Å². The van der Waals surface area contributed by atoms with Crippen LogP contribution in [0.2, 0.25) is 0 Å². The number of hydrogen-bond donors (Lipinski definition) is 1. The molecular formula is C20H20BrNO2S. The fourth-order valence-electron chi connectivity index (χ4n) is 2.93. The van der Waals surface area contributed by atoms with E-state index in [-0.39, 0.29) is 6.04 Å². The van der Waals surface area contributed by atoms with E-state index >= 15 is 0 Å². The van der Waals surface area contributed by atoms with E-state index in [1.165, 1.54) is 0 Å². The van der Waals surface area contributed by atoms with E-state index in [0.29, 0.717) is 11.3 Å². The molecule has 0 aliphatic heterocycles. The number of nitrogens with one attached hydrogen (secondary N) is 1. The fourth-order valence-corrected chi connectivity index (χ4v) is 4.86. The zero-order valence-corrected chi connectivity index (χ0v) is 16.6. The van der Waals surface area contributed by atoms with Gasteiger partial charge in [-0.1, -0.05) is 59.3 Å². The van der Waals surface area contributed by atoms with Crippen LogP contribution in [0.5, 0.6) is 0 Å². The minimum absolute atomic E-state index is 0.317. The molecule has 0 radical (unpaired) electrons. The first-order chi connectivity index (χ1) is 11.9. The lowest BCUT2D eigenvalue weighted by atomic mass is 10.0. The summed E-state index contributed by atoms with van der Waals surface area (Å²) in [4.78, 5) is 0.339. The quantitative estimate of drug-likeness (QED) is 0.619. The topological polar surface area (TPSA) is 46.2 Å². The lowest BCUT2D eigenvalue weighted by Gasteiger charge is -2.17. The Kier molecular flexibility index (Phi) is 5.27. The van der Waals surface area contributed by atoms with Crippen LogP contribution in [0, 0.1) is 0 Å². The molecule has 130 valence electrons. The zero-order valence-electron chi connectivity index (χ0n) is 14.2. The van der Waals surface area contributed by atoms with Crippen molar-refractivity contribution in [3.63, 3.8) is 0 Å². The molecule has 3 aromatic carbocycles. The van der Waals surface area contributed by atoms with Crippen LogP contribution in [0.25, 0.3) is 10.8 Å². The molecule has 3 nitrogen and oxygen atoms in total. The van der Waals surface area contributed by atoms with Crippen LogP contribution in [0.3, 0.4) is 0 Å². The van der Waals surface area contributed by atoms with E-state index in [1.54, 1.807) is 12.1 Å². The summed E-state index contributed by atoms with van der Waals surface area (Å²) in [6.45, 7) is 3.82. The van der Waals surface area contributed by atoms with Crippen molar-refractivity contribution in [2.24, 2.45) is 0 Å². The highest BCUT2D eigenvalue weighted by molar-refractivity contribution is 9.10. The van der Waals surface area contributed by atoms with Gasteiger partial charge in [0.2, 0.25) is 10.0 Å². The van der Waals surface area contributed by atoms with Crippen LogP contribution in [-0.4, -0.2) is 8.42 Å². The number of halogens is 1. The molecular weight excluding hydrogens is 398 g/mol. The van der Waals surface area contributed by atoms with Gasteiger partial charge in [0.1, 0.15) is 0 Å². The molecule has 0 aliphatic carbocycles. The van der Waals surface area contributed by atoms with Gasteiger partial charge in [-0.2, -0.15) is 0 Å². The van der Waals surface area contributed by atoms with Crippen molar-refractivity contribution in [3.8, 4) is 0 Å². The van der Waals surface area contributed by atoms with Gasteiger partial charge in [0.05, 0.1) is 4.90 Å². The van der Waals surface area contributed by atoms with E-state index < -0.39 is 10.0 Å². The molecule has 1 atom stereocenters. The highest BCUT2D eigenvalue weighted by atomic mass is 79.9. The van der Waals surface area contributed by atoms with Gasteiger partial charge in [-0.3, -0.25) is 0 Å². The van der Waals surface area contributed by atoms with Gasteiger partial charge in [0.15, 0.2) is 0 Å². The minimum atomic E-state index is -3.59. The summed E-state index contributed by atoms with van der Waals surface area (Å²) in [7, 11) is -3.59. The van der Waals surface area contributed by atoms with Crippen molar-refractivity contribution in [2.45, 2.75) is 31.2 Å². The summed E-state index contributed by atoms with van der Waals surface area (Å²) in [5, 5.41) is 2.24. The van der Waals surface area contributed by atoms with Crippen LogP contribution < -0.4 is 4.72 Å². The molecule has 0 saturated carbocycles. The van der Waals surface area contributed by atoms with Crippen molar-refractivity contribution in [2.75, 3.05) is 0 Å². The normalized spacial score (nSPS) is 13.1. The maximum absolute atomic E-state index is 12.8. The Morgan fingerprint density at radius 1 is 1.00 bits per heavy atom. The van der Waals surface area contributed by atoms with Crippen LogP contribution in [0.15, 0.2) is 70.0 Å². The number of rotatable bonds is 5. The Morgan fingerprint density at radius 2 is 1.72 bits per heavy atom. The van der Waals surface area contributed by atoms with Crippen LogP contribution in [0.4, 0.5) is 0 Å². The first-order valence-corrected chi connectivity index (χ1v) is 10.5. The molecule has 0 bridgehead atoms. The predicted molar refractivity (Wildman–Crippen MR) is 106 cm³/mol. The maximum Gasteiger partial charge on any atom is 0.241 e. The van der Waals surface area contributed by atoms with Gasteiger partial charge in [-0.15, -0.1) is 0 Å². The standard InChI is InChI=1S/C20H20BrNO2S/c1-3-15-13-19(21)10-11-20(15)25(23,24)22-14(2)17-9-8-16-6-4-5-7-18(16)12-17/h4-14,22H,3H2,1-2H3/t14-/m0/s1. The Balaban J connectivity index is 1.91. The van der Waals surface area contributed by atoms with Gasteiger partial charge in [0.25, 0.3) is 0 Å². The lowest BCUT2D eigenvalue weighted by Crippen LogP contribution is -2.27. The molecule has 5 heteroatoms. The van der Waals surface area contributed by atoms with Crippen LogP contribution in [0.1, 0.15) is 31.0 Å².